The summed E-state index contributed by atoms with van der Waals surface area (Å²) in [6, 6.07) is 32.1. The molecule has 1 aliphatic heterocycles. The number of pyridine rings is 1. The van der Waals surface area contributed by atoms with Gasteiger partial charge in [0.1, 0.15) is 36.3 Å². The third-order valence-electron chi connectivity index (χ3n) is 8.61. The third kappa shape index (κ3) is 11.0. The maximum absolute atomic E-state index is 13.1. The molecule has 2 heterocycles. The molecule has 1 amide bonds. The zero-order chi connectivity index (χ0) is 35.4. The fraction of sp³-hybridized carbons (Fsp3) is 0.209. The molecule has 1 fully saturated rings. The Labute approximate surface area is 311 Å². The van der Waals surface area contributed by atoms with E-state index in [4.69, 9.17) is 14.2 Å². The van der Waals surface area contributed by atoms with Gasteiger partial charge >= 0.3 is 0 Å². The van der Waals surface area contributed by atoms with Crippen molar-refractivity contribution in [1.82, 2.24) is 14.8 Å². The molecule has 0 spiro atoms. The van der Waals surface area contributed by atoms with Gasteiger partial charge in [-0.25, -0.2) is 9.37 Å². The second-order valence-electron chi connectivity index (χ2n) is 12.5. The van der Waals surface area contributed by atoms with Gasteiger partial charge in [0.05, 0.1) is 6.20 Å². The van der Waals surface area contributed by atoms with Gasteiger partial charge in [-0.05, 0) is 102 Å². The van der Waals surface area contributed by atoms with Crippen molar-refractivity contribution in [2.75, 3.05) is 32.8 Å². The molecule has 0 unspecified atom stereocenters. The monoisotopic (exact) mass is 719 g/mol. The summed E-state index contributed by atoms with van der Waals surface area (Å²) in [6.07, 6.45) is 9.23. The van der Waals surface area contributed by atoms with Crippen molar-refractivity contribution in [2.45, 2.75) is 27.0 Å². The van der Waals surface area contributed by atoms with Crippen molar-refractivity contribution in [2.24, 2.45) is 0 Å². The highest BCUT2D eigenvalue weighted by molar-refractivity contribution is 5.92. The Hall–Kier alpha value is -5.44. The summed E-state index contributed by atoms with van der Waals surface area (Å²) in [5.74, 6) is 2.36. The second kappa shape index (κ2) is 18.7. The zero-order valence-corrected chi connectivity index (χ0v) is 30.2. The Morgan fingerprint density at radius 2 is 1.46 bits per heavy atom. The molecule has 0 saturated carbocycles. The summed E-state index contributed by atoms with van der Waals surface area (Å²) in [6.45, 7) is 8.71. The standard InChI is InChI=1S/C43H42FN3O4.ClH/c1-32-27-37(28-33(2)43(32)51-41-20-19-40(29-45-41)50-31-36-14-17-38(44)18-15-36)16-21-42(48)47-24-22-46(23-25-47)30-35-12-10-34(11-13-35)7-6-26-49-39-8-4-3-5-9-39;/h3-21,27-29H,22-26,30-31H2,1-2H3;1H/b7-6+,21-16+;. The minimum atomic E-state index is -0.278. The van der Waals surface area contributed by atoms with Crippen LogP contribution in [0.1, 0.15) is 33.4 Å². The van der Waals surface area contributed by atoms with Gasteiger partial charge in [-0.2, -0.15) is 0 Å². The number of para-hydroxylation sites is 1. The number of hydrogen-bond acceptors (Lipinski definition) is 6. The fourth-order valence-corrected chi connectivity index (χ4v) is 5.84. The number of aryl methyl sites for hydroxylation is 2. The van der Waals surface area contributed by atoms with E-state index < -0.39 is 0 Å². The molecule has 0 N–H and O–H groups in total. The van der Waals surface area contributed by atoms with Crippen LogP contribution in [0.2, 0.25) is 0 Å². The number of benzene rings is 4. The Bertz CT molecular complexity index is 1920. The molecule has 1 aromatic heterocycles. The van der Waals surface area contributed by atoms with E-state index >= 15 is 0 Å². The number of aromatic nitrogens is 1. The van der Waals surface area contributed by atoms with E-state index in [-0.39, 0.29) is 24.1 Å². The first-order valence-electron chi connectivity index (χ1n) is 17.1. The number of piperazine rings is 1. The van der Waals surface area contributed by atoms with Gasteiger partial charge in [0.2, 0.25) is 11.8 Å². The Morgan fingerprint density at radius 3 is 2.13 bits per heavy atom. The van der Waals surface area contributed by atoms with Crippen molar-refractivity contribution in [3.05, 3.63) is 161 Å². The average Bonchev–Trinajstić information content (AvgIpc) is 3.15. The van der Waals surface area contributed by atoms with Crippen LogP contribution in [-0.4, -0.2) is 53.5 Å². The molecule has 52 heavy (non-hydrogen) atoms. The summed E-state index contributed by atoms with van der Waals surface area (Å²) in [4.78, 5) is 21.7. The van der Waals surface area contributed by atoms with E-state index in [9.17, 15) is 9.18 Å². The smallest absolute Gasteiger partial charge is 0.246 e. The lowest BCUT2D eigenvalue weighted by molar-refractivity contribution is -0.127. The van der Waals surface area contributed by atoms with Crippen molar-refractivity contribution in [1.29, 1.82) is 0 Å². The molecule has 0 atom stereocenters. The Morgan fingerprint density at radius 1 is 0.769 bits per heavy atom. The molecule has 1 saturated heterocycles. The maximum atomic E-state index is 13.1. The molecular formula is C43H43ClFN3O4. The molecule has 0 aliphatic carbocycles. The van der Waals surface area contributed by atoms with Crippen LogP contribution < -0.4 is 14.2 Å². The summed E-state index contributed by atoms with van der Waals surface area (Å²) >= 11 is 0. The molecule has 6 rings (SSSR count). The number of amides is 1. The molecule has 5 aromatic rings. The number of carbonyl (C=O) groups excluding carboxylic acids is 1. The van der Waals surface area contributed by atoms with Crippen molar-refractivity contribution < 1.29 is 23.4 Å². The predicted octanol–water partition coefficient (Wildman–Crippen LogP) is 9.08. The lowest BCUT2D eigenvalue weighted by Gasteiger charge is -2.34. The quantitative estimate of drug-likeness (QED) is 0.113. The van der Waals surface area contributed by atoms with Gasteiger partial charge in [0, 0.05) is 44.9 Å². The number of rotatable bonds is 13. The topological polar surface area (TPSA) is 64.1 Å². The van der Waals surface area contributed by atoms with Crippen LogP contribution in [0, 0.1) is 19.7 Å². The van der Waals surface area contributed by atoms with E-state index in [0.29, 0.717) is 37.9 Å². The molecule has 1 aliphatic rings. The van der Waals surface area contributed by atoms with E-state index in [1.807, 2.05) is 73.4 Å². The molecule has 0 radical (unpaired) electrons. The summed E-state index contributed by atoms with van der Waals surface area (Å²) in [5, 5.41) is 0. The minimum Gasteiger partial charge on any atom is -0.490 e. The highest BCUT2D eigenvalue weighted by atomic mass is 35.5. The summed E-state index contributed by atoms with van der Waals surface area (Å²) in [7, 11) is 0. The molecule has 268 valence electrons. The number of hydrogen-bond donors (Lipinski definition) is 0. The highest BCUT2D eigenvalue weighted by Crippen LogP contribution is 2.30. The summed E-state index contributed by atoms with van der Waals surface area (Å²) in [5.41, 5.74) is 6.07. The highest BCUT2D eigenvalue weighted by Gasteiger charge is 2.20. The van der Waals surface area contributed by atoms with Gasteiger partial charge in [-0.15, -0.1) is 12.4 Å². The average molecular weight is 720 g/mol. The maximum Gasteiger partial charge on any atom is 0.246 e. The largest absolute Gasteiger partial charge is 0.490 e. The van der Waals surface area contributed by atoms with Crippen molar-refractivity contribution >= 4 is 30.5 Å². The van der Waals surface area contributed by atoms with E-state index in [0.717, 1.165) is 59.0 Å². The van der Waals surface area contributed by atoms with Crippen LogP contribution in [0.5, 0.6) is 23.1 Å². The van der Waals surface area contributed by atoms with Crippen LogP contribution in [0.4, 0.5) is 4.39 Å². The first-order valence-corrected chi connectivity index (χ1v) is 17.1. The molecule has 4 aromatic carbocycles. The summed E-state index contributed by atoms with van der Waals surface area (Å²) < 4.78 is 30.7. The number of halogens is 2. The van der Waals surface area contributed by atoms with E-state index in [2.05, 4.69) is 40.2 Å². The minimum absolute atomic E-state index is 0. The van der Waals surface area contributed by atoms with Crippen LogP contribution in [0.15, 0.2) is 121 Å². The lowest BCUT2D eigenvalue weighted by atomic mass is 10.1. The van der Waals surface area contributed by atoms with Crippen LogP contribution in [0.3, 0.4) is 0 Å². The Balaban J connectivity index is 0.00000523. The van der Waals surface area contributed by atoms with Gasteiger partial charge in [0.15, 0.2) is 0 Å². The van der Waals surface area contributed by atoms with Crippen LogP contribution in [0.25, 0.3) is 12.2 Å². The van der Waals surface area contributed by atoms with E-state index in [1.165, 1.54) is 17.7 Å². The number of nitrogens with zero attached hydrogens (tertiary/aromatic N) is 3. The van der Waals surface area contributed by atoms with Crippen molar-refractivity contribution in [3.63, 3.8) is 0 Å². The number of ether oxygens (including phenoxy) is 3. The first kappa shape index (κ1) is 37.8. The molecule has 9 heteroatoms. The van der Waals surface area contributed by atoms with Gasteiger partial charge in [-0.3, -0.25) is 9.69 Å². The fourth-order valence-electron chi connectivity index (χ4n) is 5.84. The molecule has 7 nitrogen and oxygen atoms in total. The first-order chi connectivity index (χ1) is 24.9. The van der Waals surface area contributed by atoms with Crippen molar-refractivity contribution in [3.8, 4) is 23.1 Å². The number of carbonyl (C=O) groups is 1. The second-order valence-corrected chi connectivity index (χ2v) is 12.5. The normalized spacial score (nSPS) is 13.2. The zero-order valence-electron chi connectivity index (χ0n) is 29.4. The molecule has 0 bridgehead atoms. The van der Waals surface area contributed by atoms with Gasteiger partial charge < -0.3 is 19.1 Å². The SMILES string of the molecule is Cc1cc(/C=C/C(=O)N2CCN(Cc3ccc(/C=C/COc4ccccc4)cc3)CC2)cc(C)c1Oc1ccc(OCc2ccc(F)cc2)cn1.Cl. The predicted molar refractivity (Wildman–Crippen MR) is 207 cm³/mol. The molecular weight excluding hydrogens is 677 g/mol. The van der Waals surface area contributed by atoms with Gasteiger partial charge in [-0.1, -0.05) is 60.7 Å². The van der Waals surface area contributed by atoms with Crippen LogP contribution >= 0.6 is 12.4 Å². The Kier molecular flexibility index (Phi) is 13.6. The van der Waals surface area contributed by atoms with E-state index in [1.54, 1.807) is 36.5 Å². The third-order valence-corrected chi connectivity index (χ3v) is 8.61. The van der Waals surface area contributed by atoms with Crippen LogP contribution in [-0.2, 0) is 17.9 Å². The lowest BCUT2D eigenvalue weighted by Crippen LogP contribution is -2.47. The van der Waals surface area contributed by atoms with Gasteiger partial charge in [0.25, 0.3) is 0 Å².